The lowest BCUT2D eigenvalue weighted by molar-refractivity contribution is -0.125. The molecule has 1 unspecified atom stereocenters. The maximum absolute atomic E-state index is 13.2. The molecule has 1 heterocycles. The van der Waals surface area contributed by atoms with Gasteiger partial charge in [0.25, 0.3) is 0 Å². The molecule has 0 saturated carbocycles. The second-order valence-electron chi connectivity index (χ2n) is 6.78. The number of carbonyl (C=O) groups is 1. The number of aliphatic hydroxyl groups excluding tert-OH is 1. The largest absolute Gasteiger partial charge is 0.396 e. The number of hydrogen-bond acceptors (Lipinski definition) is 5. The summed E-state index contributed by atoms with van der Waals surface area (Å²) in [4.78, 5) is 12.3. The van der Waals surface area contributed by atoms with Crippen LogP contribution in [0.5, 0.6) is 0 Å². The minimum absolute atomic E-state index is 0.0650. The third kappa shape index (κ3) is 5.93. The number of hydrogen-bond donors (Lipinski definition) is 3. The van der Waals surface area contributed by atoms with Crippen molar-refractivity contribution in [2.75, 3.05) is 36.8 Å². The number of halogens is 1. The van der Waals surface area contributed by atoms with E-state index in [0.717, 1.165) is 6.07 Å². The summed E-state index contributed by atoms with van der Waals surface area (Å²) in [6.07, 6.45) is 1.27. The molecule has 1 amide bonds. The third-order valence-corrected chi connectivity index (χ3v) is 6.03. The second kappa shape index (κ2) is 8.79. The lowest BCUT2D eigenvalue weighted by Crippen LogP contribution is -2.45. The molecular weight excluding hydrogens is 363 g/mol. The molecule has 26 heavy (non-hydrogen) atoms. The summed E-state index contributed by atoms with van der Waals surface area (Å²) in [5, 5.41) is 12.4. The number of aliphatic hydroxyl groups is 1. The second-order valence-corrected chi connectivity index (χ2v) is 8.55. The van der Waals surface area contributed by atoms with Crippen LogP contribution in [0.3, 0.4) is 0 Å². The van der Waals surface area contributed by atoms with E-state index in [9.17, 15) is 22.7 Å². The van der Waals surface area contributed by atoms with Gasteiger partial charge < -0.3 is 15.2 Å². The number of sulfonamides is 1. The molecule has 1 aromatic carbocycles. The smallest absolute Gasteiger partial charge is 0.233 e. The topological polar surface area (TPSA) is 105 Å². The van der Waals surface area contributed by atoms with Crippen LogP contribution in [0.2, 0.25) is 0 Å². The van der Waals surface area contributed by atoms with Gasteiger partial charge >= 0.3 is 0 Å². The number of amides is 1. The Kier molecular flexibility index (Phi) is 6.96. The van der Waals surface area contributed by atoms with Crippen LogP contribution in [0.15, 0.2) is 24.3 Å². The number of ether oxygens (including phenoxy) is 1. The Bertz CT molecular complexity index is 720. The maximum atomic E-state index is 13.2. The molecule has 0 radical (unpaired) electrons. The van der Waals surface area contributed by atoms with Crippen molar-refractivity contribution in [2.24, 2.45) is 11.3 Å². The van der Waals surface area contributed by atoms with Crippen LogP contribution in [0.4, 0.5) is 10.1 Å². The van der Waals surface area contributed by atoms with E-state index in [1.807, 2.05) is 0 Å². The zero-order chi connectivity index (χ0) is 19.2. The minimum Gasteiger partial charge on any atom is -0.396 e. The van der Waals surface area contributed by atoms with E-state index in [1.54, 1.807) is 0 Å². The average molecular weight is 388 g/mol. The Morgan fingerprint density at radius 2 is 2.08 bits per heavy atom. The van der Waals surface area contributed by atoms with Gasteiger partial charge in [-0.05, 0) is 31.0 Å². The van der Waals surface area contributed by atoms with E-state index in [-0.39, 0.29) is 18.8 Å². The monoisotopic (exact) mass is 388 g/mol. The van der Waals surface area contributed by atoms with Gasteiger partial charge in [-0.15, -0.1) is 0 Å². The Morgan fingerprint density at radius 1 is 1.38 bits per heavy atom. The summed E-state index contributed by atoms with van der Waals surface area (Å²) in [5.41, 5.74) is -0.314. The normalized spacial score (nSPS) is 18.1. The zero-order valence-electron chi connectivity index (χ0n) is 14.7. The summed E-state index contributed by atoms with van der Waals surface area (Å²) in [6, 6.07) is 5.10. The third-order valence-electron chi connectivity index (χ3n) is 4.54. The Morgan fingerprint density at radius 3 is 2.69 bits per heavy atom. The van der Waals surface area contributed by atoms with Gasteiger partial charge in [-0.1, -0.05) is 13.0 Å². The van der Waals surface area contributed by atoms with Crippen molar-refractivity contribution in [3.63, 3.8) is 0 Å². The molecule has 3 N–H and O–H groups in total. The van der Waals surface area contributed by atoms with E-state index >= 15 is 0 Å². The van der Waals surface area contributed by atoms with Crippen LogP contribution in [0, 0.1) is 17.2 Å². The predicted octanol–water partition coefficient (Wildman–Crippen LogP) is 1.11. The molecule has 2 rings (SSSR count). The van der Waals surface area contributed by atoms with Gasteiger partial charge in [-0.25, -0.2) is 12.8 Å². The fourth-order valence-corrected chi connectivity index (χ4v) is 4.20. The van der Waals surface area contributed by atoms with Crippen molar-refractivity contribution in [3.05, 3.63) is 30.1 Å². The molecule has 9 heteroatoms. The Balaban J connectivity index is 1.89. The van der Waals surface area contributed by atoms with Gasteiger partial charge in [0.05, 0.1) is 24.0 Å². The molecule has 0 aromatic heterocycles. The number of anilines is 1. The minimum atomic E-state index is -3.81. The van der Waals surface area contributed by atoms with Gasteiger partial charge in [0, 0.05) is 25.2 Å². The molecule has 146 valence electrons. The van der Waals surface area contributed by atoms with Gasteiger partial charge in [-0.3, -0.25) is 9.52 Å². The predicted molar refractivity (Wildman–Crippen MR) is 95.6 cm³/mol. The van der Waals surface area contributed by atoms with Crippen LogP contribution in [-0.4, -0.2) is 51.5 Å². The highest BCUT2D eigenvalue weighted by molar-refractivity contribution is 7.92. The first-order valence-corrected chi connectivity index (χ1v) is 10.1. The van der Waals surface area contributed by atoms with Gasteiger partial charge in [0.15, 0.2) is 0 Å². The lowest BCUT2D eigenvalue weighted by atomic mass is 9.81. The molecule has 7 nitrogen and oxygen atoms in total. The molecule has 0 bridgehead atoms. The number of benzene rings is 1. The highest BCUT2D eigenvalue weighted by Gasteiger charge is 2.33. The van der Waals surface area contributed by atoms with Crippen LogP contribution < -0.4 is 10.0 Å². The van der Waals surface area contributed by atoms with E-state index in [2.05, 4.69) is 10.0 Å². The molecule has 1 saturated heterocycles. The highest BCUT2D eigenvalue weighted by Crippen LogP contribution is 2.29. The average Bonchev–Trinajstić information content (AvgIpc) is 2.59. The standard InChI is InChI=1S/C17H25FN2O5S/c1-13(10-26(23,24)20-15-4-2-3-14(18)9-15)16(22)19-11-17(12-21)5-7-25-8-6-17/h2-4,9,13,20-21H,5-8,10-12H2,1H3,(H,19,22). The van der Waals surface area contributed by atoms with Crippen LogP contribution in [-0.2, 0) is 19.6 Å². The highest BCUT2D eigenvalue weighted by atomic mass is 32.2. The first-order chi connectivity index (χ1) is 12.3. The van der Waals surface area contributed by atoms with E-state index in [4.69, 9.17) is 4.74 Å². The summed E-state index contributed by atoms with van der Waals surface area (Å²) in [5.74, 6) is -2.18. The van der Waals surface area contributed by atoms with E-state index in [1.165, 1.54) is 25.1 Å². The van der Waals surface area contributed by atoms with E-state index in [0.29, 0.717) is 26.1 Å². The van der Waals surface area contributed by atoms with Crippen LogP contribution in [0.25, 0.3) is 0 Å². The first kappa shape index (κ1) is 20.6. The molecule has 1 aliphatic rings. The quantitative estimate of drug-likeness (QED) is 0.619. The van der Waals surface area contributed by atoms with Crippen LogP contribution in [0.1, 0.15) is 19.8 Å². The summed E-state index contributed by atoms with van der Waals surface area (Å²) in [7, 11) is -3.81. The molecular formula is C17H25FN2O5S. The first-order valence-electron chi connectivity index (χ1n) is 8.48. The van der Waals surface area contributed by atoms with Gasteiger partial charge in [0.1, 0.15) is 5.82 Å². The SMILES string of the molecule is CC(CS(=O)(=O)Nc1cccc(F)c1)C(=O)NCC1(CO)CCOCC1. The van der Waals surface area contributed by atoms with Gasteiger partial charge in [0.2, 0.25) is 15.9 Å². The Labute approximate surface area is 153 Å². The fraction of sp³-hybridized carbons (Fsp3) is 0.588. The van der Waals surface area contributed by atoms with Crippen molar-refractivity contribution in [2.45, 2.75) is 19.8 Å². The van der Waals surface area contributed by atoms with Crippen LogP contribution >= 0.6 is 0 Å². The molecule has 1 atom stereocenters. The number of rotatable bonds is 8. The number of nitrogens with one attached hydrogen (secondary N) is 2. The van der Waals surface area contributed by atoms with Crippen molar-refractivity contribution in [1.82, 2.24) is 5.32 Å². The van der Waals surface area contributed by atoms with E-state index < -0.39 is 38.8 Å². The molecule has 1 aromatic rings. The fourth-order valence-electron chi connectivity index (χ4n) is 2.82. The number of carbonyl (C=O) groups excluding carboxylic acids is 1. The molecule has 1 aliphatic heterocycles. The zero-order valence-corrected chi connectivity index (χ0v) is 15.5. The summed E-state index contributed by atoms with van der Waals surface area (Å²) < 4.78 is 45.1. The van der Waals surface area contributed by atoms with Crippen molar-refractivity contribution in [3.8, 4) is 0 Å². The molecule has 0 spiro atoms. The van der Waals surface area contributed by atoms with Crippen molar-refractivity contribution in [1.29, 1.82) is 0 Å². The molecule has 1 fully saturated rings. The lowest BCUT2D eigenvalue weighted by Gasteiger charge is -2.35. The summed E-state index contributed by atoms with van der Waals surface area (Å²) in [6.45, 7) is 2.77. The van der Waals surface area contributed by atoms with Crippen molar-refractivity contribution < 1.29 is 27.4 Å². The molecule has 0 aliphatic carbocycles. The Hall–Kier alpha value is -1.71. The summed E-state index contributed by atoms with van der Waals surface area (Å²) >= 11 is 0. The maximum Gasteiger partial charge on any atom is 0.233 e. The van der Waals surface area contributed by atoms with Crippen molar-refractivity contribution >= 4 is 21.6 Å². The van der Waals surface area contributed by atoms with Gasteiger partial charge in [-0.2, -0.15) is 0 Å².